The number of hydrogen-bond donors (Lipinski definition) is 0. The summed E-state index contributed by atoms with van der Waals surface area (Å²) in [4.78, 5) is 22.3. The Morgan fingerprint density at radius 3 is 2.65 bits per heavy atom. The van der Waals surface area contributed by atoms with Gasteiger partial charge in [-0.25, -0.2) is 4.98 Å². The van der Waals surface area contributed by atoms with Crippen LogP contribution >= 0.6 is 0 Å². The van der Waals surface area contributed by atoms with Gasteiger partial charge in [0.25, 0.3) is 11.3 Å². The summed E-state index contributed by atoms with van der Waals surface area (Å²) in [7, 11) is 3.12. The average Bonchev–Trinajstić information content (AvgIpc) is 3.33. The van der Waals surface area contributed by atoms with Crippen LogP contribution in [-0.4, -0.2) is 51.6 Å². The highest BCUT2D eigenvalue weighted by Gasteiger charge is 2.17. The molecule has 6 rings (SSSR count). The van der Waals surface area contributed by atoms with E-state index in [-0.39, 0.29) is 5.56 Å². The van der Waals surface area contributed by atoms with E-state index in [4.69, 9.17) is 18.9 Å². The van der Waals surface area contributed by atoms with Crippen molar-refractivity contribution in [2.45, 2.75) is 0 Å². The van der Waals surface area contributed by atoms with Gasteiger partial charge in [0.1, 0.15) is 24.7 Å². The number of fused-ring (bicyclic) bond motifs is 4. The molecule has 1 aliphatic rings. The van der Waals surface area contributed by atoms with E-state index in [0.717, 1.165) is 5.56 Å². The molecule has 0 atom stereocenters. The summed E-state index contributed by atoms with van der Waals surface area (Å²) in [6.45, 7) is 1.01. The minimum atomic E-state index is -0.269. The van der Waals surface area contributed by atoms with Crippen LogP contribution in [0.15, 0.2) is 59.7 Å². The third-order valence-corrected chi connectivity index (χ3v) is 5.68. The number of pyridine rings is 1. The van der Waals surface area contributed by atoms with Crippen LogP contribution in [0.5, 0.6) is 23.0 Å². The van der Waals surface area contributed by atoms with E-state index in [9.17, 15) is 4.79 Å². The Morgan fingerprint density at radius 1 is 0.971 bits per heavy atom. The third kappa shape index (κ3) is 3.11. The second-order valence-corrected chi connectivity index (χ2v) is 7.59. The minimum Gasteiger partial charge on any atom is -0.497 e. The topological polar surface area (TPSA) is 102 Å². The molecule has 0 saturated heterocycles. The van der Waals surface area contributed by atoms with Crippen molar-refractivity contribution in [1.82, 2.24) is 24.1 Å². The highest BCUT2D eigenvalue weighted by molar-refractivity contribution is 5.79. The molecule has 10 nitrogen and oxygen atoms in total. The number of rotatable bonds is 4. The molecule has 0 N–H and O–H groups in total. The van der Waals surface area contributed by atoms with E-state index in [1.54, 1.807) is 49.2 Å². The van der Waals surface area contributed by atoms with E-state index < -0.39 is 0 Å². The Balaban J connectivity index is 1.49. The first-order chi connectivity index (χ1) is 16.7. The van der Waals surface area contributed by atoms with E-state index in [1.807, 2.05) is 18.2 Å². The van der Waals surface area contributed by atoms with Crippen molar-refractivity contribution < 1.29 is 18.9 Å². The van der Waals surface area contributed by atoms with Gasteiger partial charge in [0.05, 0.1) is 30.8 Å². The molecule has 0 unspecified atom stereocenters. The molecule has 4 heterocycles. The van der Waals surface area contributed by atoms with Crippen LogP contribution in [0.25, 0.3) is 33.8 Å². The van der Waals surface area contributed by atoms with Gasteiger partial charge in [-0.05, 0) is 36.4 Å². The molecule has 170 valence electrons. The van der Waals surface area contributed by atoms with Crippen molar-refractivity contribution in [1.29, 1.82) is 0 Å². The van der Waals surface area contributed by atoms with Crippen LogP contribution in [0.2, 0.25) is 0 Å². The van der Waals surface area contributed by atoms with E-state index >= 15 is 0 Å². The normalized spacial score (nSPS) is 12.8. The summed E-state index contributed by atoms with van der Waals surface area (Å²) >= 11 is 0. The number of ether oxygens (including phenoxy) is 4. The lowest BCUT2D eigenvalue weighted by Gasteiger charge is -2.18. The van der Waals surface area contributed by atoms with Gasteiger partial charge in [-0.15, -0.1) is 5.10 Å². The third-order valence-electron chi connectivity index (χ3n) is 5.68. The molecule has 5 aromatic rings. The number of aromatic nitrogens is 5. The number of methoxy groups -OCH3 is 2. The summed E-state index contributed by atoms with van der Waals surface area (Å²) in [5, 5.41) is 5.01. The quantitative estimate of drug-likeness (QED) is 0.406. The minimum absolute atomic E-state index is 0.269. The van der Waals surface area contributed by atoms with E-state index in [2.05, 4.69) is 15.1 Å². The molecule has 2 aromatic carbocycles. The van der Waals surface area contributed by atoms with E-state index in [1.165, 1.54) is 10.8 Å². The molecule has 0 fully saturated rings. The summed E-state index contributed by atoms with van der Waals surface area (Å²) in [6.07, 6.45) is 3.19. The van der Waals surface area contributed by atoms with Gasteiger partial charge < -0.3 is 18.9 Å². The van der Waals surface area contributed by atoms with Crippen molar-refractivity contribution in [2.24, 2.45) is 0 Å². The molecule has 34 heavy (non-hydrogen) atoms. The average molecular weight is 457 g/mol. The zero-order valence-corrected chi connectivity index (χ0v) is 18.4. The summed E-state index contributed by atoms with van der Waals surface area (Å²) in [5.74, 6) is 3.34. The van der Waals surface area contributed by atoms with Gasteiger partial charge in [0.15, 0.2) is 17.3 Å². The fourth-order valence-corrected chi connectivity index (χ4v) is 4.00. The van der Waals surface area contributed by atoms with Crippen LogP contribution in [0, 0.1) is 0 Å². The van der Waals surface area contributed by atoms with Crippen molar-refractivity contribution >= 4 is 16.7 Å². The fourth-order valence-electron chi connectivity index (χ4n) is 4.00. The van der Waals surface area contributed by atoms with Crippen molar-refractivity contribution in [3.63, 3.8) is 0 Å². The number of nitrogens with zero attached hydrogens (tertiary/aromatic N) is 5. The van der Waals surface area contributed by atoms with Gasteiger partial charge >= 0.3 is 0 Å². The molecule has 0 aliphatic carbocycles. The molecule has 0 amide bonds. The lowest BCUT2D eigenvalue weighted by Crippen LogP contribution is -2.19. The van der Waals surface area contributed by atoms with E-state index in [0.29, 0.717) is 64.4 Å². The van der Waals surface area contributed by atoms with Crippen LogP contribution in [-0.2, 0) is 0 Å². The lowest BCUT2D eigenvalue weighted by molar-refractivity contribution is 0.171. The molecule has 0 spiro atoms. The second kappa shape index (κ2) is 7.77. The maximum absolute atomic E-state index is 13.4. The molecule has 1 aliphatic heterocycles. The molecule has 3 aromatic heterocycles. The van der Waals surface area contributed by atoms with Crippen molar-refractivity contribution in [2.75, 3.05) is 27.4 Å². The Kier molecular flexibility index (Phi) is 4.58. The second-order valence-electron chi connectivity index (χ2n) is 7.59. The molecule has 10 heteroatoms. The fraction of sp³-hybridized carbons (Fsp3) is 0.167. The van der Waals surface area contributed by atoms with Crippen LogP contribution in [0.3, 0.4) is 0 Å². The zero-order chi connectivity index (χ0) is 23.2. The Hall–Kier alpha value is -4.60. The van der Waals surface area contributed by atoms with Crippen molar-refractivity contribution in [3.05, 3.63) is 65.2 Å². The molecule has 0 radical (unpaired) electrons. The summed E-state index contributed by atoms with van der Waals surface area (Å²) in [5.41, 5.74) is 1.64. The Morgan fingerprint density at radius 2 is 1.82 bits per heavy atom. The number of benzene rings is 2. The highest BCUT2D eigenvalue weighted by Crippen LogP contribution is 2.34. The predicted molar refractivity (Wildman–Crippen MR) is 123 cm³/mol. The smallest absolute Gasteiger partial charge is 0.266 e. The maximum Gasteiger partial charge on any atom is 0.266 e. The largest absolute Gasteiger partial charge is 0.497 e. The summed E-state index contributed by atoms with van der Waals surface area (Å²) in [6, 6.07) is 12.6. The standard InChI is InChI=1S/C24H19N5O5/c1-31-15-4-6-19(32-2)18(12-15)28-8-7-17-16(23(28)30)13-25-24-26-22(27-29(17)24)14-3-5-20-21(11-14)34-10-9-33-20/h3-8,11-13H,9-10H2,1-2H3. The molecular weight excluding hydrogens is 438 g/mol. The van der Waals surface area contributed by atoms with Gasteiger partial charge in [-0.3, -0.25) is 9.36 Å². The predicted octanol–water partition coefficient (Wildman–Crippen LogP) is 2.88. The summed E-state index contributed by atoms with van der Waals surface area (Å²) < 4.78 is 25.1. The molecule has 0 saturated carbocycles. The first-order valence-corrected chi connectivity index (χ1v) is 10.6. The maximum atomic E-state index is 13.4. The van der Waals surface area contributed by atoms with Crippen molar-refractivity contribution in [3.8, 4) is 40.1 Å². The van der Waals surface area contributed by atoms with Crippen LogP contribution in [0.4, 0.5) is 0 Å². The van der Waals surface area contributed by atoms with Gasteiger partial charge in [0, 0.05) is 24.0 Å². The van der Waals surface area contributed by atoms with Crippen LogP contribution in [0.1, 0.15) is 0 Å². The monoisotopic (exact) mass is 457 g/mol. The van der Waals surface area contributed by atoms with Gasteiger partial charge in [-0.2, -0.15) is 9.50 Å². The van der Waals surface area contributed by atoms with Gasteiger partial charge in [-0.1, -0.05) is 0 Å². The SMILES string of the molecule is COc1ccc(OC)c(-n2ccc3c(cnc4nc(-c5ccc6c(c5)OCCO6)nn43)c2=O)c1. The Bertz CT molecular complexity index is 1620. The molecular formula is C24H19N5O5. The lowest BCUT2D eigenvalue weighted by atomic mass is 10.2. The van der Waals surface area contributed by atoms with Gasteiger partial charge in [0.2, 0.25) is 0 Å². The molecule has 0 bridgehead atoms. The highest BCUT2D eigenvalue weighted by atomic mass is 16.6. The van der Waals surface area contributed by atoms with Crippen LogP contribution < -0.4 is 24.5 Å². The first kappa shape index (κ1) is 20.0. The first-order valence-electron chi connectivity index (χ1n) is 10.6. The number of hydrogen-bond acceptors (Lipinski definition) is 8. The Labute approximate surface area is 192 Å². The zero-order valence-electron chi connectivity index (χ0n) is 18.4.